The number of hydrogen-bond donors (Lipinski definition) is 2. The van der Waals surface area contributed by atoms with E-state index in [-0.39, 0.29) is 11.7 Å². The summed E-state index contributed by atoms with van der Waals surface area (Å²) in [6, 6.07) is 13.6. The molecular formula is C21H23FN2O3. The fourth-order valence-electron chi connectivity index (χ4n) is 3.53. The molecule has 1 amide bonds. The maximum atomic E-state index is 13.0. The predicted molar refractivity (Wildman–Crippen MR) is 101 cm³/mol. The molecule has 0 bridgehead atoms. The van der Waals surface area contributed by atoms with Crippen molar-refractivity contribution >= 4 is 17.6 Å². The number of amides is 1. The lowest BCUT2D eigenvalue weighted by molar-refractivity contribution is -0.145. The van der Waals surface area contributed by atoms with E-state index in [2.05, 4.69) is 11.4 Å². The zero-order chi connectivity index (χ0) is 19.4. The van der Waals surface area contributed by atoms with Crippen molar-refractivity contribution in [1.29, 1.82) is 0 Å². The highest BCUT2D eigenvalue weighted by Gasteiger charge is 2.35. The second kappa shape index (κ2) is 8.31. The van der Waals surface area contributed by atoms with Crippen LogP contribution in [0.2, 0.25) is 0 Å². The molecule has 0 aromatic heterocycles. The third-order valence-electron chi connectivity index (χ3n) is 4.85. The number of hydrogen-bond acceptors (Lipinski definition) is 3. The van der Waals surface area contributed by atoms with Gasteiger partial charge in [0.1, 0.15) is 5.82 Å². The molecule has 0 spiro atoms. The van der Waals surface area contributed by atoms with Gasteiger partial charge < -0.3 is 10.4 Å². The van der Waals surface area contributed by atoms with Crippen molar-refractivity contribution in [1.82, 2.24) is 4.90 Å². The average molecular weight is 370 g/mol. The monoisotopic (exact) mass is 370 g/mol. The Labute approximate surface area is 157 Å². The summed E-state index contributed by atoms with van der Waals surface area (Å²) in [5.74, 6) is -2.52. The zero-order valence-corrected chi connectivity index (χ0v) is 15.2. The highest BCUT2D eigenvalue weighted by atomic mass is 19.1. The highest BCUT2D eigenvalue weighted by molar-refractivity contribution is 5.93. The van der Waals surface area contributed by atoms with Gasteiger partial charge >= 0.3 is 5.97 Å². The van der Waals surface area contributed by atoms with Crippen LogP contribution in [0.4, 0.5) is 10.1 Å². The summed E-state index contributed by atoms with van der Waals surface area (Å²) in [7, 11) is 0. The number of anilines is 1. The summed E-state index contributed by atoms with van der Waals surface area (Å²) in [5.41, 5.74) is 2.74. The van der Waals surface area contributed by atoms with Crippen LogP contribution in [-0.4, -0.2) is 35.0 Å². The lowest BCUT2D eigenvalue weighted by atomic mass is 9.88. The topological polar surface area (TPSA) is 69.6 Å². The van der Waals surface area contributed by atoms with Crippen molar-refractivity contribution in [2.45, 2.75) is 19.9 Å². The molecule has 2 aromatic carbocycles. The van der Waals surface area contributed by atoms with Gasteiger partial charge in [0.05, 0.1) is 11.8 Å². The second-order valence-electron chi connectivity index (χ2n) is 7.15. The van der Waals surface area contributed by atoms with Crippen molar-refractivity contribution in [3.8, 4) is 0 Å². The van der Waals surface area contributed by atoms with Gasteiger partial charge in [-0.2, -0.15) is 0 Å². The number of aryl methyl sites for hydroxylation is 1. The SMILES string of the molecule is Cc1cccc(CN2C[C@@H](C(=O)O)C[C@H](C(=O)Nc3ccc(F)cc3)C2)c1. The molecule has 0 radical (unpaired) electrons. The number of carbonyl (C=O) groups excluding carboxylic acids is 1. The molecule has 2 aromatic rings. The Morgan fingerprint density at radius 3 is 2.52 bits per heavy atom. The van der Waals surface area contributed by atoms with Crippen LogP contribution in [0.1, 0.15) is 17.5 Å². The Morgan fingerprint density at radius 2 is 1.85 bits per heavy atom. The number of nitrogens with one attached hydrogen (secondary N) is 1. The number of likely N-dealkylation sites (tertiary alicyclic amines) is 1. The molecule has 142 valence electrons. The number of piperidine rings is 1. The smallest absolute Gasteiger partial charge is 0.307 e. The average Bonchev–Trinajstić information content (AvgIpc) is 2.63. The molecule has 1 fully saturated rings. The summed E-state index contributed by atoms with van der Waals surface area (Å²) < 4.78 is 13.0. The molecular weight excluding hydrogens is 347 g/mol. The fraction of sp³-hybridized carbons (Fsp3) is 0.333. The molecule has 1 aliphatic heterocycles. The molecule has 5 nitrogen and oxygen atoms in total. The van der Waals surface area contributed by atoms with Crippen LogP contribution in [-0.2, 0) is 16.1 Å². The maximum Gasteiger partial charge on any atom is 0.307 e. The van der Waals surface area contributed by atoms with Crippen LogP contribution in [0.5, 0.6) is 0 Å². The number of aliphatic carboxylic acids is 1. The minimum absolute atomic E-state index is 0.234. The van der Waals surface area contributed by atoms with Crippen molar-refractivity contribution in [3.63, 3.8) is 0 Å². The van der Waals surface area contributed by atoms with E-state index in [0.717, 1.165) is 11.1 Å². The number of halogens is 1. The minimum atomic E-state index is -0.886. The maximum absolute atomic E-state index is 13.0. The lowest BCUT2D eigenvalue weighted by Gasteiger charge is -2.35. The summed E-state index contributed by atoms with van der Waals surface area (Å²) in [4.78, 5) is 26.2. The van der Waals surface area contributed by atoms with E-state index >= 15 is 0 Å². The molecule has 6 heteroatoms. The Bertz CT molecular complexity index is 822. The third-order valence-corrected chi connectivity index (χ3v) is 4.85. The highest BCUT2D eigenvalue weighted by Crippen LogP contribution is 2.25. The molecule has 1 saturated heterocycles. The first-order valence-corrected chi connectivity index (χ1v) is 8.98. The summed E-state index contributed by atoms with van der Waals surface area (Å²) in [6.07, 6.45) is 0.298. The Hall–Kier alpha value is -2.73. The normalized spacial score (nSPS) is 20.2. The number of carboxylic acids is 1. The standard InChI is InChI=1S/C21H23FN2O3/c1-14-3-2-4-15(9-14)11-24-12-16(10-17(13-24)21(26)27)20(25)23-19-7-5-18(22)6-8-19/h2-9,16-17H,10-13H2,1H3,(H,23,25)(H,26,27)/t16-,17-/m0/s1. The van der Waals surface area contributed by atoms with Crippen LogP contribution >= 0.6 is 0 Å². The summed E-state index contributed by atoms with van der Waals surface area (Å²) in [6.45, 7) is 3.53. The van der Waals surface area contributed by atoms with Crippen molar-refractivity contribution in [2.75, 3.05) is 18.4 Å². The van der Waals surface area contributed by atoms with E-state index in [4.69, 9.17) is 0 Å². The van der Waals surface area contributed by atoms with Crippen LogP contribution < -0.4 is 5.32 Å². The number of carbonyl (C=O) groups is 2. The molecule has 27 heavy (non-hydrogen) atoms. The number of carboxylic acid groups (broad SMARTS) is 1. The van der Waals surface area contributed by atoms with Crippen LogP contribution in [0.15, 0.2) is 48.5 Å². The first kappa shape index (κ1) is 19.0. The van der Waals surface area contributed by atoms with E-state index in [1.807, 2.05) is 30.0 Å². The molecule has 3 rings (SSSR count). The van der Waals surface area contributed by atoms with Crippen molar-refractivity contribution in [3.05, 3.63) is 65.5 Å². The zero-order valence-electron chi connectivity index (χ0n) is 15.2. The third kappa shape index (κ3) is 5.14. The Morgan fingerprint density at radius 1 is 1.15 bits per heavy atom. The van der Waals surface area contributed by atoms with Gasteiger partial charge in [-0.3, -0.25) is 14.5 Å². The van der Waals surface area contributed by atoms with E-state index in [1.54, 1.807) is 0 Å². The van der Waals surface area contributed by atoms with Gasteiger partial charge in [0.25, 0.3) is 0 Å². The van der Waals surface area contributed by atoms with Crippen molar-refractivity contribution in [2.24, 2.45) is 11.8 Å². The Balaban J connectivity index is 1.70. The van der Waals surface area contributed by atoms with Gasteiger partial charge in [-0.25, -0.2) is 4.39 Å². The Kier molecular flexibility index (Phi) is 5.86. The molecule has 0 unspecified atom stereocenters. The summed E-state index contributed by atoms with van der Waals surface area (Å²) in [5, 5.41) is 12.3. The van der Waals surface area contributed by atoms with Gasteiger partial charge in [-0.15, -0.1) is 0 Å². The van der Waals surface area contributed by atoms with Gasteiger partial charge in [-0.1, -0.05) is 29.8 Å². The molecule has 0 aliphatic carbocycles. The fourth-order valence-corrected chi connectivity index (χ4v) is 3.53. The van der Waals surface area contributed by atoms with Crippen LogP contribution in [0.25, 0.3) is 0 Å². The molecule has 0 saturated carbocycles. The summed E-state index contributed by atoms with van der Waals surface area (Å²) >= 11 is 0. The molecule has 2 N–H and O–H groups in total. The molecule has 1 heterocycles. The minimum Gasteiger partial charge on any atom is -0.481 e. The van der Waals surface area contributed by atoms with E-state index in [9.17, 15) is 19.1 Å². The van der Waals surface area contributed by atoms with E-state index in [0.29, 0.717) is 31.7 Å². The number of rotatable bonds is 5. The van der Waals surface area contributed by atoms with Crippen LogP contribution in [0.3, 0.4) is 0 Å². The molecule has 2 atom stereocenters. The van der Waals surface area contributed by atoms with Gasteiger partial charge in [0, 0.05) is 25.3 Å². The van der Waals surface area contributed by atoms with Crippen LogP contribution in [0, 0.1) is 24.6 Å². The number of benzene rings is 2. The van der Waals surface area contributed by atoms with Gasteiger partial charge in [0.15, 0.2) is 0 Å². The molecule has 1 aliphatic rings. The van der Waals surface area contributed by atoms with E-state index < -0.39 is 17.8 Å². The second-order valence-corrected chi connectivity index (χ2v) is 7.15. The van der Waals surface area contributed by atoms with E-state index in [1.165, 1.54) is 24.3 Å². The first-order valence-electron chi connectivity index (χ1n) is 8.98. The lowest BCUT2D eigenvalue weighted by Crippen LogP contribution is -2.46. The number of nitrogens with zero attached hydrogens (tertiary/aromatic N) is 1. The first-order chi connectivity index (χ1) is 12.9. The van der Waals surface area contributed by atoms with Gasteiger partial charge in [0.2, 0.25) is 5.91 Å². The largest absolute Gasteiger partial charge is 0.481 e. The van der Waals surface area contributed by atoms with Gasteiger partial charge in [-0.05, 0) is 43.2 Å². The predicted octanol–water partition coefficient (Wildman–Crippen LogP) is 3.30. The quantitative estimate of drug-likeness (QED) is 0.847. The van der Waals surface area contributed by atoms with Crippen molar-refractivity contribution < 1.29 is 19.1 Å².